The Labute approximate surface area is 197 Å². The van der Waals surface area contributed by atoms with E-state index >= 15 is 0 Å². The van der Waals surface area contributed by atoms with Crippen LogP contribution in [0.2, 0.25) is 0 Å². The fourth-order valence-corrected chi connectivity index (χ4v) is 5.33. The highest BCUT2D eigenvalue weighted by atomic mass is 32.2. The van der Waals surface area contributed by atoms with Gasteiger partial charge in [0, 0.05) is 26.2 Å². The number of nitrogens with one attached hydrogen (secondary N) is 1. The molecule has 0 aliphatic carbocycles. The monoisotopic (exact) mass is 464 g/mol. The zero-order chi connectivity index (χ0) is 23.4. The summed E-state index contributed by atoms with van der Waals surface area (Å²) in [6, 6.07) is 21.5. The number of benzene rings is 3. The van der Waals surface area contributed by atoms with Crippen molar-refractivity contribution in [3.63, 3.8) is 0 Å². The van der Waals surface area contributed by atoms with Gasteiger partial charge in [0.25, 0.3) is 0 Å². The van der Waals surface area contributed by atoms with E-state index in [1.165, 1.54) is 45.2 Å². The van der Waals surface area contributed by atoms with Gasteiger partial charge in [-0.15, -0.1) is 0 Å². The standard InChI is InChI=1S/C27H32N2O3S/c1-20-6-7-22(17-27(20)23-10-8-21(9-11-23)18-28-13-15-30)16-24-4-3-5-25-19-29(33(2,31)32)14-12-26(24)25/h3-11,17,28,30H,12-16,18-19H2,1-2H3. The second-order valence-electron chi connectivity index (χ2n) is 8.82. The lowest BCUT2D eigenvalue weighted by Crippen LogP contribution is -2.35. The summed E-state index contributed by atoms with van der Waals surface area (Å²) in [5.74, 6) is 0. The molecule has 33 heavy (non-hydrogen) atoms. The Bertz CT molecular complexity index is 1220. The Morgan fingerprint density at radius 3 is 2.52 bits per heavy atom. The molecule has 0 saturated carbocycles. The minimum Gasteiger partial charge on any atom is -0.395 e. The molecule has 0 atom stereocenters. The molecular weight excluding hydrogens is 432 g/mol. The molecule has 174 valence electrons. The maximum atomic E-state index is 12.0. The minimum atomic E-state index is -3.17. The Kier molecular flexibility index (Phi) is 7.29. The highest BCUT2D eigenvalue weighted by Crippen LogP contribution is 2.29. The molecule has 0 saturated heterocycles. The number of rotatable bonds is 8. The van der Waals surface area contributed by atoms with Crippen LogP contribution < -0.4 is 5.32 Å². The van der Waals surface area contributed by atoms with Crippen LogP contribution in [0.5, 0.6) is 0 Å². The molecule has 0 bridgehead atoms. The van der Waals surface area contributed by atoms with E-state index in [-0.39, 0.29) is 6.61 Å². The Morgan fingerprint density at radius 2 is 1.79 bits per heavy atom. The number of hydrogen-bond acceptors (Lipinski definition) is 4. The van der Waals surface area contributed by atoms with E-state index in [0.717, 1.165) is 24.9 Å². The summed E-state index contributed by atoms with van der Waals surface area (Å²) in [5.41, 5.74) is 9.79. The largest absolute Gasteiger partial charge is 0.395 e. The van der Waals surface area contributed by atoms with Crippen molar-refractivity contribution in [2.24, 2.45) is 0 Å². The quantitative estimate of drug-likeness (QED) is 0.500. The van der Waals surface area contributed by atoms with Gasteiger partial charge in [-0.3, -0.25) is 0 Å². The third-order valence-corrected chi connectivity index (χ3v) is 7.63. The number of sulfonamides is 1. The van der Waals surface area contributed by atoms with E-state index < -0.39 is 10.0 Å². The molecule has 0 unspecified atom stereocenters. The second kappa shape index (κ2) is 10.2. The molecule has 6 heteroatoms. The molecule has 1 aliphatic heterocycles. The summed E-state index contributed by atoms with van der Waals surface area (Å²) in [6.07, 6.45) is 2.87. The Morgan fingerprint density at radius 1 is 1.03 bits per heavy atom. The van der Waals surface area contributed by atoms with Crippen molar-refractivity contribution in [3.8, 4) is 11.1 Å². The van der Waals surface area contributed by atoms with E-state index in [1.54, 1.807) is 4.31 Å². The van der Waals surface area contributed by atoms with Crippen LogP contribution in [0.15, 0.2) is 60.7 Å². The van der Waals surface area contributed by atoms with Crippen LogP contribution >= 0.6 is 0 Å². The van der Waals surface area contributed by atoms with Crippen LogP contribution in [-0.4, -0.2) is 43.8 Å². The van der Waals surface area contributed by atoms with Crippen molar-refractivity contribution in [2.45, 2.75) is 32.9 Å². The summed E-state index contributed by atoms with van der Waals surface area (Å²) < 4.78 is 25.5. The van der Waals surface area contributed by atoms with Crippen molar-refractivity contribution in [2.75, 3.05) is 26.0 Å². The van der Waals surface area contributed by atoms with Gasteiger partial charge in [-0.05, 0) is 64.3 Å². The number of hydrogen-bond donors (Lipinski definition) is 2. The fourth-order valence-electron chi connectivity index (χ4n) is 4.54. The van der Waals surface area contributed by atoms with Crippen molar-refractivity contribution in [1.82, 2.24) is 9.62 Å². The maximum absolute atomic E-state index is 12.0. The topological polar surface area (TPSA) is 69.6 Å². The molecular formula is C27H32N2O3S. The summed E-state index contributed by atoms with van der Waals surface area (Å²) in [6.45, 7) is 4.63. The molecule has 0 spiro atoms. The van der Waals surface area contributed by atoms with Crippen molar-refractivity contribution < 1.29 is 13.5 Å². The second-order valence-corrected chi connectivity index (χ2v) is 10.8. The van der Waals surface area contributed by atoms with Crippen LogP contribution in [0, 0.1) is 6.92 Å². The molecule has 0 radical (unpaired) electrons. The zero-order valence-corrected chi connectivity index (χ0v) is 20.2. The third-order valence-electron chi connectivity index (χ3n) is 6.38. The number of aliphatic hydroxyl groups is 1. The van der Waals surface area contributed by atoms with Gasteiger partial charge in [0.05, 0.1) is 12.9 Å². The van der Waals surface area contributed by atoms with Gasteiger partial charge >= 0.3 is 0 Å². The van der Waals surface area contributed by atoms with Crippen LogP contribution in [0.4, 0.5) is 0 Å². The Hall–Kier alpha value is -2.51. The van der Waals surface area contributed by atoms with Gasteiger partial charge in [0.1, 0.15) is 0 Å². The fraction of sp³-hybridized carbons (Fsp3) is 0.333. The maximum Gasteiger partial charge on any atom is 0.211 e. The van der Waals surface area contributed by atoms with E-state index in [1.807, 2.05) is 12.1 Å². The third kappa shape index (κ3) is 5.71. The number of nitrogens with zero attached hydrogens (tertiary/aromatic N) is 1. The Balaban J connectivity index is 1.55. The highest BCUT2D eigenvalue weighted by molar-refractivity contribution is 7.88. The van der Waals surface area contributed by atoms with E-state index in [9.17, 15) is 8.42 Å². The average molecular weight is 465 g/mol. The summed E-state index contributed by atoms with van der Waals surface area (Å²) in [4.78, 5) is 0. The van der Waals surface area contributed by atoms with E-state index in [4.69, 9.17) is 5.11 Å². The van der Waals surface area contributed by atoms with E-state index in [0.29, 0.717) is 19.6 Å². The predicted octanol–water partition coefficient (Wildman–Crippen LogP) is 3.65. The van der Waals surface area contributed by atoms with Crippen LogP contribution in [0.25, 0.3) is 11.1 Å². The van der Waals surface area contributed by atoms with Gasteiger partial charge in [0.2, 0.25) is 10.0 Å². The molecule has 0 fully saturated rings. The number of aliphatic hydroxyl groups excluding tert-OH is 1. The molecule has 0 aromatic heterocycles. The summed E-state index contributed by atoms with van der Waals surface area (Å²) in [5, 5.41) is 12.1. The first-order chi connectivity index (χ1) is 15.8. The van der Waals surface area contributed by atoms with Crippen LogP contribution in [0.1, 0.15) is 33.4 Å². The van der Waals surface area contributed by atoms with Gasteiger partial charge < -0.3 is 10.4 Å². The van der Waals surface area contributed by atoms with Gasteiger partial charge in [-0.25, -0.2) is 8.42 Å². The molecule has 5 nitrogen and oxygen atoms in total. The lowest BCUT2D eigenvalue weighted by molar-refractivity contribution is 0.292. The number of aryl methyl sites for hydroxylation is 1. The molecule has 2 N–H and O–H groups in total. The molecule has 1 heterocycles. The normalized spacial score (nSPS) is 14.3. The van der Waals surface area contributed by atoms with Crippen molar-refractivity contribution in [1.29, 1.82) is 0 Å². The van der Waals surface area contributed by atoms with E-state index in [2.05, 4.69) is 60.8 Å². The van der Waals surface area contributed by atoms with Crippen molar-refractivity contribution in [3.05, 3.63) is 94.0 Å². The minimum absolute atomic E-state index is 0.144. The van der Waals surface area contributed by atoms with Crippen LogP contribution in [0.3, 0.4) is 0 Å². The molecule has 3 aromatic rings. The lowest BCUT2D eigenvalue weighted by atomic mass is 9.90. The SMILES string of the molecule is Cc1ccc(Cc2cccc3c2CCN(S(C)(=O)=O)C3)cc1-c1ccc(CNCCO)cc1. The smallest absolute Gasteiger partial charge is 0.211 e. The molecule has 4 rings (SSSR count). The van der Waals surface area contributed by atoms with Crippen molar-refractivity contribution >= 4 is 10.0 Å². The van der Waals surface area contributed by atoms with Gasteiger partial charge in [-0.1, -0.05) is 60.7 Å². The number of fused-ring (bicyclic) bond motifs is 1. The zero-order valence-electron chi connectivity index (χ0n) is 19.3. The molecule has 0 amide bonds. The summed E-state index contributed by atoms with van der Waals surface area (Å²) in [7, 11) is -3.17. The van der Waals surface area contributed by atoms with Crippen LogP contribution in [-0.2, 0) is 36.0 Å². The first kappa shape index (κ1) is 23.6. The predicted molar refractivity (Wildman–Crippen MR) is 134 cm³/mol. The van der Waals surface area contributed by atoms with Gasteiger partial charge in [-0.2, -0.15) is 4.31 Å². The molecule has 1 aliphatic rings. The highest BCUT2D eigenvalue weighted by Gasteiger charge is 2.24. The first-order valence-electron chi connectivity index (χ1n) is 11.4. The van der Waals surface area contributed by atoms with Gasteiger partial charge in [0.15, 0.2) is 0 Å². The lowest BCUT2D eigenvalue weighted by Gasteiger charge is -2.28. The first-order valence-corrected chi connectivity index (χ1v) is 13.2. The average Bonchev–Trinajstić information content (AvgIpc) is 2.80. The summed E-state index contributed by atoms with van der Waals surface area (Å²) >= 11 is 0. The molecule has 3 aromatic carbocycles.